The van der Waals surface area contributed by atoms with Crippen molar-refractivity contribution in [2.45, 2.75) is 56.9 Å². The van der Waals surface area contributed by atoms with E-state index in [2.05, 4.69) is 11.1 Å². The first-order chi connectivity index (χ1) is 12.3. The topological polar surface area (TPSA) is 82.6 Å². The molecule has 2 fully saturated rings. The highest BCUT2D eigenvalue weighted by Crippen LogP contribution is 2.55. The second-order valence-electron chi connectivity index (χ2n) is 8.32. The molecule has 6 nitrogen and oxygen atoms in total. The third-order valence-corrected chi connectivity index (χ3v) is 6.61. The number of fused-ring (bicyclic) bond motifs is 4. The Bertz CT molecular complexity index is 944. The van der Waals surface area contributed by atoms with Gasteiger partial charge in [0.2, 0.25) is 6.10 Å². The van der Waals surface area contributed by atoms with Gasteiger partial charge in [0.1, 0.15) is 6.04 Å². The lowest BCUT2D eigenvalue weighted by Crippen LogP contribution is -2.62. The molecule has 0 bridgehead atoms. The van der Waals surface area contributed by atoms with Gasteiger partial charge in [0.25, 0.3) is 5.91 Å². The number of nitrogens with zero attached hydrogens (tertiary/aromatic N) is 1. The van der Waals surface area contributed by atoms with Gasteiger partial charge < -0.3 is 19.7 Å². The fraction of sp³-hybridized carbons (Fsp3) is 0.500. The van der Waals surface area contributed by atoms with Crippen molar-refractivity contribution in [3.63, 3.8) is 0 Å². The van der Waals surface area contributed by atoms with Crippen molar-refractivity contribution < 1.29 is 19.4 Å². The lowest BCUT2D eigenvalue weighted by molar-refractivity contribution is -0.187. The minimum Gasteiger partial charge on any atom is -0.448 e. The molecule has 5 atom stereocenters. The summed E-state index contributed by atoms with van der Waals surface area (Å²) < 4.78 is 5.39. The quantitative estimate of drug-likeness (QED) is 0.764. The number of H-pyrrole nitrogens is 1. The van der Waals surface area contributed by atoms with Gasteiger partial charge in [0.15, 0.2) is 0 Å². The Labute approximate surface area is 151 Å². The second-order valence-corrected chi connectivity index (χ2v) is 8.32. The van der Waals surface area contributed by atoms with Gasteiger partial charge in [0.05, 0.1) is 6.10 Å². The summed E-state index contributed by atoms with van der Waals surface area (Å²) in [4.78, 5) is 31.0. The summed E-state index contributed by atoms with van der Waals surface area (Å²) in [7, 11) is 0. The number of morpholine rings is 1. The molecule has 1 aromatic carbocycles. The van der Waals surface area contributed by atoms with E-state index in [0.29, 0.717) is 0 Å². The molecule has 5 rings (SSSR count). The number of rotatable bonds is 1. The number of carbonyl (C=O) groups excluding carboxylic acids is 2. The maximum Gasteiger partial charge on any atom is 0.330 e. The number of esters is 1. The fourth-order valence-corrected chi connectivity index (χ4v) is 5.44. The predicted octanol–water partition coefficient (Wildman–Crippen LogP) is 1.72. The minimum atomic E-state index is -1.12. The van der Waals surface area contributed by atoms with Gasteiger partial charge in [-0.2, -0.15) is 0 Å². The van der Waals surface area contributed by atoms with E-state index in [4.69, 9.17) is 4.74 Å². The molecule has 6 heteroatoms. The molecule has 26 heavy (non-hydrogen) atoms. The first-order valence-electron chi connectivity index (χ1n) is 9.13. The molecular formula is C20H22N2O4. The molecule has 2 N–H and O–H groups in total. The SMILES string of the molecule is C[C@@H](O)[C@@H]1OC(=O)[C@@H]2[C@H]3c4c[nH]c5cccc(c45)C[C@H]3C(C)(C)N2C1=O. The normalized spacial score (nSPS) is 33.0. The number of aliphatic hydroxyl groups excluding tert-OH is 1. The van der Waals surface area contributed by atoms with E-state index in [1.165, 1.54) is 17.9 Å². The van der Waals surface area contributed by atoms with Gasteiger partial charge in [-0.1, -0.05) is 12.1 Å². The van der Waals surface area contributed by atoms with Gasteiger partial charge in [0, 0.05) is 28.6 Å². The van der Waals surface area contributed by atoms with Crippen LogP contribution in [-0.4, -0.2) is 50.7 Å². The Morgan fingerprint density at radius 1 is 1.35 bits per heavy atom. The van der Waals surface area contributed by atoms with Crippen LogP contribution in [0.1, 0.15) is 37.8 Å². The van der Waals surface area contributed by atoms with Crippen LogP contribution < -0.4 is 0 Å². The highest BCUT2D eigenvalue weighted by molar-refractivity contribution is 5.97. The first-order valence-corrected chi connectivity index (χ1v) is 9.13. The predicted molar refractivity (Wildman–Crippen MR) is 94.5 cm³/mol. The average Bonchev–Trinajstić information content (AvgIpc) is 3.11. The summed E-state index contributed by atoms with van der Waals surface area (Å²) in [5.41, 5.74) is 2.90. The van der Waals surface area contributed by atoms with E-state index in [1.54, 1.807) is 4.90 Å². The van der Waals surface area contributed by atoms with E-state index >= 15 is 0 Å². The van der Waals surface area contributed by atoms with E-state index < -0.39 is 29.8 Å². The second kappa shape index (κ2) is 4.88. The summed E-state index contributed by atoms with van der Waals surface area (Å²) in [5, 5.41) is 11.1. The molecule has 0 unspecified atom stereocenters. The summed E-state index contributed by atoms with van der Waals surface area (Å²) >= 11 is 0. The monoisotopic (exact) mass is 354 g/mol. The number of nitrogens with one attached hydrogen (secondary N) is 1. The van der Waals surface area contributed by atoms with Crippen molar-refractivity contribution in [2.75, 3.05) is 0 Å². The van der Waals surface area contributed by atoms with Crippen LogP contribution in [0.4, 0.5) is 0 Å². The zero-order chi connectivity index (χ0) is 18.4. The van der Waals surface area contributed by atoms with Crippen molar-refractivity contribution >= 4 is 22.8 Å². The molecule has 136 valence electrons. The lowest BCUT2D eigenvalue weighted by atomic mass is 9.70. The molecule has 1 aromatic heterocycles. The van der Waals surface area contributed by atoms with E-state index in [9.17, 15) is 14.7 Å². The molecule has 3 aliphatic rings. The van der Waals surface area contributed by atoms with Crippen molar-refractivity contribution in [1.82, 2.24) is 9.88 Å². The molecule has 2 aromatic rings. The number of benzene rings is 1. The van der Waals surface area contributed by atoms with Gasteiger partial charge >= 0.3 is 5.97 Å². The number of carbonyl (C=O) groups is 2. The van der Waals surface area contributed by atoms with Crippen molar-refractivity contribution in [3.8, 4) is 0 Å². The number of cyclic esters (lactones) is 1. The van der Waals surface area contributed by atoms with Crippen LogP contribution in [0.2, 0.25) is 0 Å². The standard InChI is InChI=1S/C20H22N2O4/c1-9(23)17-18(24)22-16(19(25)26-17)15-11-8-21-13-6-4-5-10(14(11)13)7-12(15)20(22,2)3/h4-6,8-9,12,15-17,21,23H,7H2,1-3H3/t9-,12-,15+,16+,17+/m1/s1. The average molecular weight is 354 g/mol. The van der Waals surface area contributed by atoms with Crippen LogP contribution in [-0.2, 0) is 20.7 Å². The van der Waals surface area contributed by atoms with Crippen LogP contribution >= 0.6 is 0 Å². The highest BCUT2D eigenvalue weighted by atomic mass is 16.6. The van der Waals surface area contributed by atoms with Gasteiger partial charge in [-0.05, 0) is 50.3 Å². The zero-order valence-corrected chi connectivity index (χ0v) is 15.0. The molecule has 3 heterocycles. The number of amides is 1. The zero-order valence-electron chi connectivity index (χ0n) is 15.0. The maximum absolute atomic E-state index is 13.1. The summed E-state index contributed by atoms with van der Waals surface area (Å²) in [6.45, 7) is 5.54. The minimum absolute atomic E-state index is 0.0972. The molecular weight excluding hydrogens is 332 g/mol. The van der Waals surface area contributed by atoms with Crippen LogP contribution in [0.3, 0.4) is 0 Å². The van der Waals surface area contributed by atoms with E-state index in [0.717, 1.165) is 17.5 Å². The third kappa shape index (κ3) is 1.75. The molecule has 2 saturated heterocycles. The molecule has 1 aliphatic carbocycles. The molecule has 0 saturated carbocycles. The van der Waals surface area contributed by atoms with Crippen LogP contribution in [0.25, 0.3) is 10.9 Å². The Morgan fingerprint density at radius 2 is 2.12 bits per heavy atom. The summed E-state index contributed by atoms with van der Waals surface area (Å²) in [6, 6.07) is 5.57. The lowest BCUT2D eigenvalue weighted by Gasteiger charge is -2.42. The van der Waals surface area contributed by atoms with Crippen molar-refractivity contribution in [2.24, 2.45) is 5.92 Å². The highest BCUT2D eigenvalue weighted by Gasteiger charge is 2.64. The number of aromatic nitrogens is 1. The number of ether oxygens (including phenoxy) is 1. The Kier molecular flexibility index (Phi) is 2.98. The molecule has 2 aliphatic heterocycles. The van der Waals surface area contributed by atoms with Crippen LogP contribution in [0.15, 0.2) is 24.4 Å². The molecule has 0 spiro atoms. The van der Waals surface area contributed by atoms with Gasteiger partial charge in [-0.25, -0.2) is 4.79 Å². The number of aliphatic hydroxyl groups is 1. The first kappa shape index (κ1) is 15.9. The maximum atomic E-state index is 13.1. The Morgan fingerprint density at radius 3 is 2.85 bits per heavy atom. The Hall–Kier alpha value is -2.34. The van der Waals surface area contributed by atoms with E-state index in [-0.39, 0.29) is 17.7 Å². The Balaban J connectivity index is 1.70. The molecule has 0 radical (unpaired) electrons. The fourth-order valence-electron chi connectivity index (χ4n) is 5.44. The van der Waals surface area contributed by atoms with Crippen molar-refractivity contribution in [3.05, 3.63) is 35.5 Å². The molecule has 1 amide bonds. The smallest absolute Gasteiger partial charge is 0.330 e. The van der Waals surface area contributed by atoms with Gasteiger partial charge in [-0.3, -0.25) is 4.79 Å². The number of aromatic amines is 1. The van der Waals surface area contributed by atoms with E-state index in [1.807, 2.05) is 32.2 Å². The number of hydrogen-bond acceptors (Lipinski definition) is 4. The van der Waals surface area contributed by atoms with Gasteiger partial charge in [-0.15, -0.1) is 0 Å². The third-order valence-electron chi connectivity index (χ3n) is 6.61. The van der Waals surface area contributed by atoms with Crippen molar-refractivity contribution in [1.29, 1.82) is 0 Å². The summed E-state index contributed by atoms with van der Waals surface area (Å²) in [5.74, 6) is -0.685. The summed E-state index contributed by atoms with van der Waals surface area (Å²) in [6.07, 6.45) is 0.643. The largest absolute Gasteiger partial charge is 0.448 e. The van der Waals surface area contributed by atoms with Crippen LogP contribution in [0, 0.1) is 5.92 Å². The van der Waals surface area contributed by atoms with Crippen LogP contribution in [0.5, 0.6) is 0 Å². The number of hydrogen-bond donors (Lipinski definition) is 2.